The van der Waals surface area contributed by atoms with E-state index in [0.29, 0.717) is 0 Å². The molecule has 0 amide bonds. The highest BCUT2D eigenvalue weighted by molar-refractivity contribution is 5.70. The monoisotopic (exact) mass is 182 g/mol. The van der Waals surface area contributed by atoms with Crippen LogP contribution in [0.25, 0.3) is 0 Å². The lowest BCUT2D eigenvalue weighted by molar-refractivity contribution is -0.142. The predicted molar refractivity (Wildman–Crippen MR) is 48.5 cm³/mol. The molecule has 0 fully saturated rings. The molecule has 0 aliphatic rings. The Balaban J connectivity index is 2.85. The lowest BCUT2D eigenvalue weighted by atomic mass is 10.0. The summed E-state index contributed by atoms with van der Waals surface area (Å²) in [5.41, 5.74) is 0. The Bertz CT molecular complexity index is 306. The largest absolute Gasteiger partial charge is 0.481 e. The summed E-state index contributed by atoms with van der Waals surface area (Å²) in [6.45, 7) is 5.45. The Kier molecular flexibility index (Phi) is 2.70. The van der Waals surface area contributed by atoms with Gasteiger partial charge in [-0.15, -0.1) is 0 Å². The van der Waals surface area contributed by atoms with Crippen molar-refractivity contribution < 1.29 is 9.90 Å². The third-order valence-corrected chi connectivity index (χ3v) is 2.41. The second kappa shape index (κ2) is 3.60. The zero-order chi connectivity index (χ0) is 10.0. The fourth-order valence-electron chi connectivity index (χ4n) is 1.27. The fraction of sp³-hybridized carbons (Fsp3) is 0.556. The van der Waals surface area contributed by atoms with Gasteiger partial charge >= 0.3 is 5.97 Å². The molecular formula is C9H14N2O2. The van der Waals surface area contributed by atoms with E-state index in [0.717, 1.165) is 5.82 Å². The third kappa shape index (κ3) is 1.88. The van der Waals surface area contributed by atoms with E-state index in [2.05, 4.69) is 4.98 Å². The van der Waals surface area contributed by atoms with Gasteiger partial charge in [0, 0.05) is 18.4 Å². The maximum Gasteiger partial charge on any atom is 0.308 e. The second-order valence-corrected chi connectivity index (χ2v) is 3.25. The molecule has 0 spiro atoms. The van der Waals surface area contributed by atoms with Gasteiger partial charge in [0.2, 0.25) is 0 Å². The minimum absolute atomic E-state index is 0.0556. The standard InChI is InChI=1S/C9H14N2O2/c1-6(9(12)13)7(2)11-5-4-10-8(11)3/h4-7H,1-3H3,(H,12,13). The Morgan fingerprint density at radius 2 is 2.23 bits per heavy atom. The summed E-state index contributed by atoms with van der Waals surface area (Å²) in [5.74, 6) is -0.325. The van der Waals surface area contributed by atoms with E-state index < -0.39 is 11.9 Å². The number of aromatic nitrogens is 2. The van der Waals surface area contributed by atoms with Crippen LogP contribution in [0.4, 0.5) is 0 Å². The Hall–Kier alpha value is -1.32. The molecule has 0 aliphatic carbocycles. The van der Waals surface area contributed by atoms with Crippen molar-refractivity contribution >= 4 is 5.97 Å². The van der Waals surface area contributed by atoms with Crippen molar-refractivity contribution in [3.05, 3.63) is 18.2 Å². The Morgan fingerprint density at radius 1 is 1.62 bits per heavy atom. The van der Waals surface area contributed by atoms with Gasteiger partial charge in [-0.25, -0.2) is 4.98 Å². The predicted octanol–water partition coefficient (Wildman–Crippen LogP) is 1.47. The molecule has 2 atom stereocenters. The molecule has 0 aliphatic heterocycles. The van der Waals surface area contributed by atoms with E-state index in [1.807, 2.05) is 18.4 Å². The first-order chi connectivity index (χ1) is 6.04. The molecule has 72 valence electrons. The zero-order valence-corrected chi connectivity index (χ0v) is 8.06. The minimum Gasteiger partial charge on any atom is -0.481 e. The number of hydrogen-bond acceptors (Lipinski definition) is 2. The second-order valence-electron chi connectivity index (χ2n) is 3.25. The number of carboxylic acid groups (broad SMARTS) is 1. The SMILES string of the molecule is Cc1nccn1C(C)C(C)C(=O)O. The Morgan fingerprint density at radius 3 is 2.62 bits per heavy atom. The van der Waals surface area contributed by atoms with Crippen molar-refractivity contribution in [3.8, 4) is 0 Å². The molecule has 4 heteroatoms. The molecular weight excluding hydrogens is 168 g/mol. The summed E-state index contributed by atoms with van der Waals surface area (Å²) in [7, 11) is 0. The van der Waals surface area contributed by atoms with E-state index in [1.54, 1.807) is 19.3 Å². The molecule has 1 rings (SSSR count). The van der Waals surface area contributed by atoms with E-state index in [-0.39, 0.29) is 6.04 Å². The number of carbonyl (C=O) groups is 1. The summed E-state index contributed by atoms with van der Waals surface area (Å²) < 4.78 is 1.87. The van der Waals surface area contributed by atoms with Gasteiger partial charge in [-0.2, -0.15) is 0 Å². The molecule has 0 radical (unpaired) electrons. The lowest BCUT2D eigenvalue weighted by Crippen LogP contribution is -2.21. The summed E-state index contributed by atoms with van der Waals surface area (Å²) in [5, 5.41) is 8.81. The zero-order valence-electron chi connectivity index (χ0n) is 8.06. The van der Waals surface area contributed by atoms with Crippen LogP contribution in [-0.2, 0) is 4.79 Å². The van der Waals surface area contributed by atoms with Crippen LogP contribution in [0.2, 0.25) is 0 Å². The molecule has 13 heavy (non-hydrogen) atoms. The van der Waals surface area contributed by atoms with Crippen LogP contribution in [0.15, 0.2) is 12.4 Å². The highest BCUT2D eigenvalue weighted by Crippen LogP contribution is 2.18. The number of carboxylic acids is 1. The molecule has 0 aromatic carbocycles. The number of nitrogens with zero attached hydrogens (tertiary/aromatic N) is 2. The molecule has 0 bridgehead atoms. The highest BCUT2D eigenvalue weighted by atomic mass is 16.4. The number of rotatable bonds is 3. The number of aliphatic carboxylic acids is 1. The topological polar surface area (TPSA) is 55.1 Å². The van der Waals surface area contributed by atoms with Crippen molar-refractivity contribution in [1.29, 1.82) is 0 Å². The van der Waals surface area contributed by atoms with Crippen molar-refractivity contribution in [1.82, 2.24) is 9.55 Å². The highest BCUT2D eigenvalue weighted by Gasteiger charge is 2.21. The minimum atomic E-state index is -0.777. The Labute approximate surface area is 77.2 Å². The van der Waals surface area contributed by atoms with Crippen LogP contribution >= 0.6 is 0 Å². The van der Waals surface area contributed by atoms with Gasteiger partial charge in [0.15, 0.2) is 0 Å². The lowest BCUT2D eigenvalue weighted by Gasteiger charge is -2.18. The average Bonchev–Trinajstić information content (AvgIpc) is 2.48. The van der Waals surface area contributed by atoms with Crippen molar-refractivity contribution in [3.63, 3.8) is 0 Å². The molecule has 1 heterocycles. The van der Waals surface area contributed by atoms with E-state index in [1.165, 1.54) is 0 Å². The van der Waals surface area contributed by atoms with E-state index in [4.69, 9.17) is 5.11 Å². The molecule has 0 saturated heterocycles. The van der Waals surface area contributed by atoms with Gasteiger partial charge in [-0.05, 0) is 20.8 Å². The molecule has 0 saturated carbocycles. The fourth-order valence-corrected chi connectivity index (χ4v) is 1.27. The van der Waals surface area contributed by atoms with Crippen molar-refractivity contribution in [2.75, 3.05) is 0 Å². The summed E-state index contributed by atoms with van der Waals surface area (Å²) in [4.78, 5) is 14.8. The van der Waals surface area contributed by atoms with Crippen LogP contribution in [0.3, 0.4) is 0 Å². The van der Waals surface area contributed by atoms with Crippen LogP contribution < -0.4 is 0 Å². The van der Waals surface area contributed by atoms with Gasteiger partial charge in [-0.1, -0.05) is 0 Å². The number of hydrogen-bond donors (Lipinski definition) is 1. The van der Waals surface area contributed by atoms with Gasteiger partial charge < -0.3 is 9.67 Å². The van der Waals surface area contributed by atoms with Crippen LogP contribution in [0.5, 0.6) is 0 Å². The van der Waals surface area contributed by atoms with E-state index >= 15 is 0 Å². The first-order valence-electron chi connectivity index (χ1n) is 4.26. The summed E-state index contributed by atoms with van der Waals surface area (Å²) >= 11 is 0. The van der Waals surface area contributed by atoms with Crippen molar-refractivity contribution in [2.24, 2.45) is 5.92 Å². The average molecular weight is 182 g/mol. The van der Waals surface area contributed by atoms with Crippen LogP contribution in [0.1, 0.15) is 25.7 Å². The molecule has 4 nitrogen and oxygen atoms in total. The number of imidazole rings is 1. The molecule has 1 aromatic heterocycles. The smallest absolute Gasteiger partial charge is 0.308 e. The quantitative estimate of drug-likeness (QED) is 0.770. The molecule has 1 N–H and O–H groups in total. The molecule has 2 unspecified atom stereocenters. The van der Waals surface area contributed by atoms with Gasteiger partial charge in [0.1, 0.15) is 5.82 Å². The maximum absolute atomic E-state index is 10.7. The maximum atomic E-state index is 10.7. The van der Waals surface area contributed by atoms with Gasteiger partial charge in [-0.3, -0.25) is 4.79 Å². The molecule has 1 aromatic rings. The summed E-state index contributed by atoms with van der Waals surface area (Å²) in [6, 6.07) is -0.0556. The normalized spacial score (nSPS) is 15.3. The third-order valence-electron chi connectivity index (χ3n) is 2.41. The first-order valence-corrected chi connectivity index (χ1v) is 4.26. The van der Waals surface area contributed by atoms with Crippen LogP contribution in [-0.4, -0.2) is 20.6 Å². The van der Waals surface area contributed by atoms with Gasteiger partial charge in [0.05, 0.1) is 5.92 Å². The van der Waals surface area contributed by atoms with Crippen LogP contribution in [0, 0.1) is 12.8 Å². The van der Waals surface area contributed by atoms with Gasteiger partial charge in [0.25, 0.3) is 0 Å². The first kappa shape index (κ1) is 9.77. The van der Waals surface area contributed by atoms with E-state index in [9.17, 15) is 4.79 Å². The number of aryl methyl sites for hydroxylation is 1. The van der Waals surface area contributed by atoms with Crippen molar-refractivity contribution in [2.45, 2.75) is 26.8 Å². The summed E-state index contributed by atoms with van der Waals surface area (Å²) in [6.07, 6.45) is 3.49.